The fourth-order valence-electron chi connectivity index (χ4n) is 3.30. The summed E-state index contributed by atoms with van der Waals surface area (Å²) in [5, 5.41) is 3.91. The van der Waals surface area contributed by atoms with Crippen LogP contribution in [0.2, 0.25) is 0 Å². The molecule has 0 aromatic carbocycles. The molecule has 0 saturated heterocycles. The second kappa shape index (κ2) is 12.3. The van der Waals surface area contributed by atoms with E-state index in [1.54, 1.807) is 18.8 Å². The molecule has 31 heavy (non-hydrogen) atoms. The van der Waals surface area contributed by atoms with Gasteiger partial charge in [0.2, 0.25) is 11.8 Å². The lowest BCUT2D eigenvalue weighted by atomic mass is 9.92. The first-order valence-electron chi connectivity index (χ1n) is 10.5. The van der Waals surface area contributed by atoms with Gasteiger partial charge in [-0.05, 0) is 31.8 Å². The van der Waals surface area contributed by atoms with Gasteiger partial charge in [0, 0.05) is 41.9 Å². The van der Waals surface area contributed by atoms with Crippen LogP contribution in [-0.2, 0) is 16.0 Å². The van der Waals surface area contributed by atoms with E-state index in [1.165, 1.54) is 6.20 Å². The number of nitrogens with zero attached hydrogens (tertiary/aromatic N) is 2. The number of aryl methyl sites for hydroxylation is 1. The molecular formula is C23H31ClFN3O3. The van der Waals surface area contributed by atoms with Crippen molar-refractivity contribution < 1.29 is 13.9 Å². The molecule has 1 aliphatic rings. The summed E-state index contributed by atoms with van der Waals surface area (Å²) in [5.74, 6) is 0.939. The SMILES string of the molecule is CC/C=C\C(Cl)=C/CCCn1cc(F)c(=O)nc1NC1=CC(OC)=C(OC)CC1CC. The predicted octanol–water partition coefficient (Wildman–Crippen LogP) is 5.48. The third kappa shape index (κ3) is 6.99. The molecule has 0 saturated carbocycles. The maximum atomic E-state index is 13.9. The summed E-state index contributed by atoms with van der Waals surface area (Å²) in [6.45, 7) is 4.59. The standard InChI is InChI=1S/C23H31ClFN3O3/c1-5-7-10-17(24)11-8-9-12-28-15-18(25)22(29)27-23(28)26-19-14-21(31-4)20(30-3)13-16(19)6-2/h7,10-11,14-16H,5-6,8-9,12-13H2,1-4H3,(H,26,27,29)/b10-7-,17-11+. The summed E-state index contributed by atoms with van der Waals surface area (Å²) in [6, 6.07) is 0. The molecule has 1 heterocycles. The number of hydrogen-bond acceptors (Lipinski definition) is 5. The summed E-state index contributed by atoms with van der Waals surface area (Å²) in [5.41, 5.74) is -0.0454. The van der Waals surface area contributed by atoms with Gasteiger partial charge in [0.25, 0.3) is 0 Å². The van der Waals surface area contributed by atoms with Crippen molar-refractivity contribution in [3.63, 3.8) is 0 Å². The van der Waals surface area contributed by atoms with Crippen LogP contribution in [0, 0.1) is 11.7 Å². The predicted molar refractivity (Wildman–Crippen MR) is 122 cm³/mol. The second-order valence-electron chi connectivity index (χ2n) is 7.18. The first-order chi connectivity index (χ1) is 14.9. The first kappa shape index (κ1) is 24.7. The Labute approximate surface area is 188 Å². The highest BCUT2D eigenvalue weighted by Gasteiger charge is 2.25. The summed E-state index contributed by atoms with van der Waals surface area (Å²) >= 11 is 6.14. The van der Waals surface area contributed by atoms with Gasteiger partial charge >= 0.3 is 5.56 Å². The average molecular weight is 452 g/mol. The minimum atomic E-state index is -0.893. The fourth-order valence-corrected chi connectivity index (χ4v) is 3.50. The van der Waals surface area contributed by atoms with E-state index in [1.807, 2.05) is 31.2 Å². The Hall–Kier alpha value is -2.54. The van der Waals surface area contributed by atoms with Gasteiger partial charge in [-0.25, -0.2) is 0 Å². The quantitative estimate of drug-likeness (QED) is 0.356. The van der Waals surface area contributed by atoms with E-state index in [9.17, 15) is 9.18 Å². The molecule has 1 atom stereocenters. The van der Waals surface area contributed by atoms with Gasteiger partial charge < -0.3 is 19.4 Å². The highest BCUT2D eigenvalue weighted by Crippen LogP contribution is 2.32. The number of rotatable bonds is 11. The van der Waals surface area contributed by atoms with Gasteiger partial charge in [0.05, 0.1) is 14.2 Å². The Morgan fingerprint density at radius 1 is 1.39 bits per heavy atom. The summed E-state index contributed by atoms with van der Waals surface area (Å²) < 4.78 is 26.4. The normalized spacial score (nSPS) is 17.2. The van der Waals surface area contributed by atoms with Gasteiger partial charge in [0.1, 0.15) is 5.76 Å². The van der Waals surface area contributed by atoms with Crippen LogP contribution in [-0.4, -0.2) is 23.8 Å². The van der Waals surface area contributed by atoms with Crippen molar-refractivity contribution in [2.75, 3.05) is 19.5 Å². The van der Waals surface area contributed by atoms with Crippen molar-refractivity contribution in [2.24, 2.45) is 5.92 Å². The third-order valence-electron chi connectivity index (χ3n) is 5.06. The van der Waals surface area contributed by atoms with Crippen molar-refractivity contribution in [3.8, 4) is 0 Å². The molecule has 0 amide bonds. The fraction of sp³-hybridized carbons (Fsp3) is 0.478. The molecular weight excluding hydrogens is 421 g/mol. The number of hydrogen-bond donors (Lipinski definition) is 1. The van der Waals surface area contributed by atoms with Gasteiger partial charge in [-0.15, -0.1) is 0 Å². The van der Waals surface area contributed by atoms with Crippen LogP contribution >= 0.6 is 11.6 Å². The molecule has 170 valence electrons. The number of anilines is 1. The highest BCUT2D eigenvalue weighted by molar-refractivity contribution is 6.31. The largest absolute Gasteiger partial charge is 0.497 e. The Bertz CT molecular complexity index is 934. The van der Waals surface area contributed by atoms with Gasteiger partial charge in [0.15, 0.2) is 5.76 Å². The number of aromatic nitrogens is 2. The van der Waals surface area contributed by atoms with Crippen LogP contribution in [0.25, 0.3) is 0 Å². The lowest BCUT2D eigenvalue weighted by Gasteiger charge is -2.27. The molecule has 0 radical (unpaired) electrons. The lowest BCUT2D eigenvalue weighted by Crippen LogP contribution is -2.24. The minimum Gasteiger partial charge on any atom is -0.497 e. The maximum absolute atomic E-state index is 13.9. The molecule has 0 aliphatic heterocycles. The lowest BCUT2D eigenvalue weighted by molar-refractivity contribution is 0.207. The van der Waals surface area contributed by atoms with E-state index >= 15 is 0 Å². The molecule has 2 rings (SSSR count). The van der Waals surface area contributed by atoms with E-state index in [-0.39, 0.29) is 5.92 Å². The highest BCUT2D eigenvalue weighted by atomic mass is 35.5. The van der Waals surface area contributed by atoms with E-state index < -0.39 is 11.4 Å². The Kier molecular flexibility index (Phi) is 9.85. The average Bonchev–Trinajstić information content (AvgIpc) is 2.77. The molecule has 0 bridgehead atoms. The van der Waals surface area contributed by atoms with Gasteiger partial charge in [-0.3, -0.25) is 4.79 Å². The zero-order chi connectivity index (χ0) is 22.8. The van der Waals surface area contributed by atoms with Crippen molar-refractivity contribution in [2.45, 2.75) is 52.5 Å². The monoisotopic (exact) mass is 451 g/mol. The Morgan fingerprint density at radius 2 is 2.16 bits per heavy atom. The first-order valence-corrected chi connectivity index (χ1v) is 10.9. The van der Waals surface area contributed by atoms with E-state index in [4.69, 9.17) is 21.1 Å². The van der Waals surface area contributed by atoms with Crippen LogP contribution in [0.3, 0.4) is 0 Å². The number of methoxy groups -OCH3 is 2. The number of unbranched alkanes of at least 4 members (excludes halogenated alkanes) is 1. The molecule has 1 aromatic rings. The van der Waals surface area contributed by atoms with Crippen molar-refractivity contribution in [1.82, 2.24) is 9.55 Å². The van der Waals surface area contributed by atoms with E-state index in [0.717, 1.165) is 24.3 Å². The van der Waals surface area contributed by atoms with Crippen molar-refractivity contribution >= 4 is 17.5 Å². The van der Waals surface area contributed by atoms with Gasteiger partial charge in [-0.1, -0.05) is 37.6 Å². The summed E-state index contributed by atoms with van der Waals surface area (Å²) in [6.07, 6.45) is 12.7. The molecule has 6 nitrogen and oxygen atoms in total. The molecule has 1 aliphatic carbocycles. The number of ether oxygens (including phenoxy) is 2. The number of allylic oxidation sites excluding steroid dienone is 7. The Balaban J connectivity index is 2.23. The topological polar surface area (TPSA) is 65.4 Å². The molecule has 1 aromatic heterocycles. The maximum Gasteiger partial charge on any atom is 0.310 e. The third-order valence-corrected chi connectivity index (χ3v) is 5.34. The van der Waals surface area contributed by atoms with Crippen LogP contribution < -0.4 is 10.9 Å². The molecule has 8 heteroatoms. The smallest absolute Gasteiger partial charge is 0.310 e. The molecule has 1 N–H and O–H groups in total. The van der Waals surface area contributed by atoms with Crippen LogP contribution in [0.1, 0.15) is 46.0 Å². The molecule has 0 fully saturated rings. The van der Waals surface area contributed by atoms with Crippen LogP contribution in [0.4, 0.5) is 10.3 Å². The zero-order valence-corrected chi connectivity index (χ0v) is 19.3. The second-order valence-corrected chi connectivity index (χ2v) is 7.62. The number of halogens is 2. The van der Waals surface area contributed by atoms with Gasteiger partial charge in [-0.2, -0.15) is 9.37 Å². The summed E-state index contributed by atoms with van der Waals surface area (Å²) in [4.78, 5) is 15.8. The summed E-state index contributed by atoms with van der Waals surface area (Å²) in [7, 11) is 3.19. The molecule has 1 unspecified atom stereocenters. The van der Waals surface area contributed by atoms with E-state index in [2.05, 4.69) is 17.2 Å². The van der Waals surface area contributed by atoms with Crippen LogP contribution in [0.5, 0.6) is 0 Å². The zero-order valence-electron chi connectivity index (χ0n) is 18.6. The van der Waals surface area contributed by atoms with Crippen molar-refractivity contribution in [1.29, 1.82) is 0 Å². The number of nitrogens with one attached hydrogen (secondary N) is 1. The van der Waals surface area contributed by atoms with Crippen LogP contribution in [0.15, 0.2) is 57.5 Å². The minimum absolute atomic E-state index is 0.136. The molecule has 0 spiro atoms. The Morgan fingerprint density at radius 3 is 2.81 bits per heavy atom. The van der Waals surface area contributed by atoms with E-state index in [0.29, 0.717) is 42.5 Å². The van der Waals surface area contributed by atoms with Crippen molar-refractivity contribution in [3.05, 3.63) is 68.9 Å².